The summed E-state index contributed by atoms with van der Waals surface area (Å²) in [4.78, 5) is 26.5. The Hall–Kier alpha value is -2.28. The third-order valence-corrected chi connectivity index (χ3v) is 4.44. The van der Waals surface area contributed by atoms with Crippen LogP contribution in [0.25, 0.3) is 0 Å². The second-order valence-electron chi connectivity index (χ2n) is 6.83. The largest absolute Gasteiger partial charge is 0.497 e. The Labute approximate surface area is 155 Å². The van der Waals surface area contributed by atoms with E-state index in [1.807, 2.05) is 13.8 Å². The lowest BCUT2D eigenvalue weighted by Gasteiger charge is -2.31. The lowest BCUT2D eigenvalue weighted by Crippen LogP contribution is -2.44. The normalized spacial score (nSPS) is 15.6. The van der Waals surface area contributed by atoms with Gasteiger partial charge < -0.3 is 20.1 Å². The molecule has 1 aliphatic rings. The predicted octanol–water partition coefficient (Wildman–Crippen LogP) is 1.88. The summed E-state index contributed by atoms with van der Waals surface area (Å²) < 4.78 is 10.5. The predicted molar refractivity (Wildman–Crippen MR) is 101 cm³/mol. The molecule has 0 atom stereocenters. The van der Waals surface area contributed by atoms with Crippen LogP contribution in [0.15, 0.2) is 18.2 Å². The van der Waals surface area contributed by atoms with Crippen LogP contribution in [0.4, 0.5) is 5.69 Å². The highest BCUT2D eigenvalue weighted by molar-refractivity contribution is 5.93. The number of carbonyl (C=O) groups excluding carboxylic acids is 2. The number of rotatable bonds is 7. The molecule has 2 amide bonds. The number of ether oxygens (including phenoxy) is 2. The number of nitrogens with zero attached hydrogens (tertiary/aromatic N) is 1. The van der Waals surface area contributed by atoms with Gasteiger partial charge >= 0.3 is 0 Å². The molecule has 7 heteroatoms. The molecule has 0 aliphatic carbocycles. The van der Waals surface area contributed by atoms with Crippen molar-refractivity contribution in [1.29, 1.82) is 0 Å². The lowest BCUT2D eigenvalue weighted by molar-refractivity contribution is -0.127. The summed E-state index contributed by atoms with van der Waals surface area (Å²) in [5, 5.41) is 5.84. The number of carbonyl (C=O) groups is 2. The quantitative estimate of drug-likeness (QED) is 0.773. The summed E-state index contributed by atoms with van der Waals surface area (Å²) in [5.41, 5.74) is 0.615. The van der Waals surface area contributed by atoms with E-state index < -0.39 is 0 Å². The number of hydrogen-bond acceptors (Lipinski definition) is 5. The maximum atomic E-state index is 12.3. The van der Waals surface area contributed by atoms with E-state index in [9.17, 15) is 9.59 Å². The Balaban J connectivity index is 1.83. The summed E-state index contributed by atoms with van der Waals surface area (Å²) in [6.07, 6.45) is 1.55. The van der Waals surface area contributed by atoms with Gasteiger partial charge in [-0.1, -0.05) is 0 Å². The molecule has 0 bridgehead atoms. The smallest absolute Gasteiger partial charge is 0.238 e. The molecule has 0 spiro atoms. The van der Waals surface area contributed by atoms with Crippen molar-refractivity contribution in [2.75, 3.05) is 39.2 Å². The zero-order valence-corrected chi connectivity index (χ0v) is 16.0. The van der Waals surface area contributed by atoms with Crippen LogP contribution in [0.1, 0.15) is 26.7 Å². The fourth-order valence-corrected chi connectivity index (χ4v) is 3.05. The number of nitrogens with one attached hydrogen (secondary N) is 2. The molecule has 7 nitrogen and oxygen atoms in total. The third kappa shape index (κ3) is 5.62. The number of anilines is 1. The van der Waals surface area contributed by atoms with Crippen molar-refractivity contribution in [3.63, 3.8) is 0 Å². The van der Waals surface area contributed by atoms with Gasteiger partial charge in [0, 0.05) is 18.0 Å². The standard InChI is InChI=1S/C19H29N3O4/c1-13(2)20-19(24)14-7-9-22(10-8-14)12-18(23)21-16-6-5-15(25-3)11-17(16)26-4/h5-6,11,13-14H,7-10,12H2,1-4H3,(H,20,24)(H,21,23). The van der Waals surface area contributed by atoms with E-state index in [1.165, 1.54) is 0 Å². The average Bonchev–Trinajstić information content (AvgIpc) is 2.62. The Morgan fingerprint density at radius 3 is 2.46 bits per heavy atom. The first-order valence-electron chi connectivity index (χ1n) is 8.97. The molecule has 0 saturated carbocycles. The number of piperidine rings is 1. The van der Waals surface area contributed by atoms with E-state index in [2.05, 4.69) is 15.5 Å². The monoisotopic (exact) mass is 363 g/mol. The molecule has 0 aromatic heterocycles. The molecule has 1 fully saturated rings. The number of likely N-dealkylation sites (tertiary alicyclic amines) is 1. The Morgan fingerprint density at radius 2 is 1.88 bits per heavy atom. The van der Waals surface area contributed by atoms with E-state index in [4.69, 9.17) is 9.47 Å². The van der Waals surface area contributed by atoms with Crippen molar-refractivity contribution in [3.8, 4) is 11.5 Å². The van der Waals surface area contributed by atoms with Gasteiger partial charge in [0.2, 0.25) is 11.8 Å². The molecule has 1 aromatic rings. The van der Waals surface area contributed by atoms with Gasteiger partial charge in [0.05, 0.1) is 26.5 Å². The van der Waals surface area contributed by atoms with Gasteiger partial charge in [0.25, 0.3) is 0 Å². The van der Waals surface area contributed by atoms with Crippen LogP contribution in [-0.4, -0.2) is 56.6 Å². The van der Waals surface area contributed by atoms with Crippen LogP contribution in [0, 0.1) is 5.92 Å². The van der Waals surface area contributed by atoms with Gasteiger partial charge in [0.1, 0.15) is 11.5 Å². The molecular formula is C19H29N3O4. The number of amides is 2. The number of benzene rings is 1. The van der Waals surface area contributed by atoms with Gasteiger partial charge in [0.15, 0.2) is 0 Å². The molecule has 26 heavy (non-hydrogen) atoms. The second kappa shape index (κ2) is 9.43. The highest BCUT2D eigenvalue weighted by atomic mass is 16.5. The lowest BCUT2D eigenvalue weighted by atomic mass is 9.95. The van der Waals surface area contributed by atoms with Crippen LogP contribution in [-0.2, 0) is 9.59 Å². The van der Waals surface area contributed by atoms with Crippen LogP contribution < -0.4 is 20.1 Å². The van der Waals surface area contributed by atoms with Gasteiger partial charge in [-0.3, -0.25) is 14.5 Å². The fraction of sp³-hybridized carbons (Fsp3) is 0.579. The van der Waals surface area contributed by atoms with E-state index in [1.54, 1.807) is 32.4 Å². The fourth-order valence-electron chi connectivity index (χ4n) is 3.05. The maximum absolute atomic E-state index is 12.3. The Kier molecular flexibility index (Phi) is 7.26. The zero-order chi connectivity index (χ0) is 19.1. The van der Waals surface area contributed by atoms with Crippen LogP contribution in [0.3, 0.4) is 0 Å². The summed E-state index contributed by atoms with van der Waals surface area (Å²) >= 11 is 0. The summed E-state index contributed by atoms with van der Waals surface area (Å²) in [7, 11) is 3.13. The SMILES string of the molecule is COc1ccc(NC(=O)CN2CCC(C(=O)NC(C)C)CC2)c(OC)c1. The first-order chi connectivity index (χ1) is 12.4. The highest BCUT2D eigenvalue weighted by Crippen LogP contribution is 2.29. The molecule has 2 N–H and O–H groups in total. The number of hydrogen-bond donors (Lipinski definition) is 2. The Morgan fingerprint density at radius 1 is 1.19 bits per heavy atom. The van der Waals surface area contributed by atoms with Gasteiger partial charge in [-0.15, -0.1) is 0 Å². The zero-order valence-electron chi connectivity index (χ0n) is 16.0. The first-order valence-corrected chi connectivity index (χ1v) is 8.97. The topological polar surface area (TPSA) is 79.9 Å². The molecule has 1 heterocycles. The molecule has 0 unspecified atom stereocenters. The molecule has 2 rings (SSSR count). The van der Waals surface area contributed by atoms with Crippen molar-refractivity contribution in [2.24, 2.45) is 5.92 Å². The van der Waals surface area contributed by atoms with Crippen LogP contribution in [0.5, 0.6) is 11.5 Å². The van der Waals surface area contributed by atoms with Crippen molar-refractivity contribution >= 4 is 17.5 Å². The summed E-state index contributed by atoms with van der Waals surface area (Å²) in [5.74, 6) is 1.28. The van der Waals surface area contributed by atoms with E-state index in [-0.39, 0.29) is 23.8 Å². The summed E-state index contributed by atoms with van der Waals surface area (Å²) in [6.45, 7) is 5.70. The van der Waals surface area contributed by atoms with E-state index in [0.29, 0.717) is 23.7 Å². The first kappa shape index (κ1) is 20.0. The van der Waals surface area contributed by atoms with E-state index in [0.717, 1.165) is 25.9 Å². The molecule has 1 aliphatic heterocycles. The summed E-state index contributed by atoms with van der Waals surface area (Å²) in [6, 6.07) is 5.43. The minimum absolute atomic E-state index is 0.0402. The minimum Gasteiger partial charge on any atom is -0.497 e. The molecule has 1 aromatic carbocycles. The molecule has 0 radical (unpaired) electrons. The van der Waals surface area contributed by atoms with E-state index >= 15 is 0 Å². The van der Waals surface area contributed by atoms with Crippen molar-refractivity contribution < 1.29 is 19.1 Å². The molecule has 1 saturated heterocycles. The van der Waals surface area contributed by atoms with Crippen molar-refractivity contribution in [3.05, 3.63) is 18.2 Å². The van der Waals surface area contributed by atoms with Gasteiger partial charge in [-0.05, 0) is 51.9 Å². The minimum atomic E-state index is -0.0986. The van der Waals surface area contributed by atoms with Crippen LogP contribution in [0.2, 0.25) is 0 Å². The maximum Gasteiger partial charge on any atom is 0.238 e. The van der Waals surface area contributed by atoms with Crippen molar-refractivity contribution in [1.82, 2.24) is 10.2 Å². The second-order valence-corrected chi connectivity index (χ2v) is 6.83. The van der Waals surface area contributed by atoms with Crippen molar-refractivity contribution in [2.45, 2.75) is 32.7 Å². The molecule has 144 valence electrons. The molecular weight excluding hydrogens is 334 g/mol. The Bertz CT molecular complexity index is 625. The van der Waals surface area contributed by atoms with Crippen LogP contribution >= 0.6 is 0 Å². The average molecular weight is 363 g/mol. The highest BCUT2D eigenvalue weighted by Gasteiger charge is 2.26. The van der Waals surface area contributed by atoms with Gasteiger partial charge in [-0.25, -0.2) is 0 Å². The number of methoxy groups -OCH3 is 2. The van der Waals surface area contributed by atoms with Gasteiger partial charge in [-0.2, -0.15) is 0 Å². The third-order valence-electron chi connectivity index (χ3n) is 4.44.